The van der Waals surface area contributed by atoms with Crippen molar-refractivity contribution in [3.63, 3.8) is 0 Å². The van der Waals surface area contributed by atoms with Gasteiger partial charge in [-0.2, -0.15) is 0 Å². The van der Waals surface area contributed by atoms with Gasteiger partial charge >= 0.3 is 5.97 Å². The van der Waals surface area contributed by atoms with Crippen LogP contribution in [0.15, 0.2) is 24.3 Å². The molecule has 0 radical (unpaired) electrons. The SMILES string of the molecule is CCc1ccc(C(=O)CCN2CCC(C(=O)O)CC2)cc1. The summed E-state index contributed by atoms with van der Waals surface area (Å²) in [5, 5.41) is 8.96. The molecule has 0 saturated carbocycles. The second-order valence-electron chi connectivity index (χ2n) is 5.68. The number of benzene rings is 1. The molecule has 1 aliphatic heterocycles. The summed E-state index contributed by atoms with van der Waals surface area (Å²) < 4.78 is 0. The smallest absolute Gasteiger partial charge is 0.306 e. The van der Waals surface area contributed by atoms with E-state index in [1.54, 1.807) is 0 Å². The fraction of sp³-hybridized carbons (Fsp3) is 0.529. The molecule has 0 bridgehead atoms. The van der Waals surface area contributed by atoms with Crippen LogP contribution >= 0.6 is 0 Å². The summed E-state index contributed by atoms with van der Waals surface area (Å²) in [6.45, 7) is 4.37. The lowest BCUT2D eigenvalue weighted by Crippen LogP contribution is -2.37. The second kappa shape index (κ2) is 7.36. The predicted molar refractivity (Wildman–Crippen MR) is 81.6 cm³/mol. The highest BCUT2D eigenvalue weighted by Gasteiger charge is 2.24. The maximum atomic E-state index is 12.1. The van der Waals surface area contributed by atoms with E-state index in [0.717, 1.165) is 31.6 Å². The number of aryl methyl sites for hydroxylation is 1. The van der Waals surface area contributed by atoms with Crippen molar-refractivity contribution in [1.29, 1.82) is 0 Å². The summed E-state index contributed by atoms with van der Waals surface area (Å²) >= 11 is 0. The van der Waals surface area contributed by atoms with Crippen molar-refractivity contribution in [3.05, 3.63) is 35.4 Å². The van der Waals surface area contributed by atoms with Crippen molar-refractivity contribution in [1.82, 2.24) is 4.90 Å². The van der Waals surface area contributed by atoms with Crippen molar-refractivity contribution in [3.8, 4) is 0 Å². The van der Waals surface area contributed by atoms with E-state index in [1.807, 2.05) is 24.3 Å². The minimum absolute atomic E-state index is 0.165. The number of carbonyl (C=O) groups excluding carboxylic acids is 1. The van der Waals surface area contributed by atoms with Crippen LogP contribution < -0.4 is 0 Å². The number of piperidine rings is 1. The third-order valence-electron chi connectivity index (χ3n) is 4.28. The fourth-order valence-corrected chi connectivity index (χ4v) is 2.73. The van der Waals surface area contributed by atoms with E-state index in [9.17, 15) is 9.59 Å². The van der Waals surface area contributed by atoms with Gasteiger partial charge < -0.3 is 10.0 Å². The van der Waals surface area contributed by atoms with Gasteiger partial charge in [-0.3, -0.25) is 9.59 Å². The Morgan fingerprint density at radius 1 is 1.19 bits per heavy atom. The van der Waals surface area contributed by atoms with Crippen LogP contribution in [-0.2, 0) is 11.2 Å². The molecule has 1 aromatic carbocycles. The topological polar surface area (TPSA) is 57.6 Å². The van der Waals surface area contributed by atoms with Crippen LogP contribution in [0.25, 0.3) is 0 Å². The molecule has 4 nitrogen and oxygen atoms in total. The van der Waals surface area contributed by atoms with Crippen LogP contribution in [0, 0.1) is 5.92 Å². The summed E-state index contributed by atoms with van der Waals surface area (Å²) in [5.41, 5.74) is 2.01. The monoisotopic (exact) mass is 289 g/mol. The molecule has 1 N–H and O–H groups in total. The molecule has 1 heterocycles. The maximum absolute atomic E-state index is 12.1. The fourth-order valence-electron chi connectivity index (χ4n) is 2.73. The molecule has 0 aromatic heterocycles. The number of ketones is 1. The zero-order valence-corrected chi connectivity index (χ0v) is 12.5. The van der Waals surface area contributed by atoms with E-state index >= 15 is 0 Å². The molecule has 2 rings (SSSR count). The number of Topliss-reactive ketones (excluding diaryl/α,β-unsaturated/α-hetero) is 1. The molecular formula is C17H23NO3. The third kappa shape index (κ3) is 4.39. The lowest BCUT2D eigenvalue weighted by molar-refractivity contribution is -0.143. The van der Waals surface area contributed by atoms with E-state index in [1.165, 1.54) is 5.56 Å². The molecule has 1 saturated heterocycles. The Labute approximate surface area is 125 Å². The quantitative estimate of drug-likeness (QED) is 0.818. The minimum atomic E-state index is -0.693. The van der Waals surface area contributed by atoms with Crippen molar-refractivity contribution < 1.29 is 14.7 Å². The van der Waals surface area contributed by atoms with Gasteiger partial charge in [0.25, 0.3) is 0 Å². The second-order valence-corrected chi connectivity index (χ2v) is 5.68. The molecule has 0 spiro atoms. The van der Waals surface area contributed by atoms with Crippen LogP contribution in [0.5, 0.6) is 0 Å². The average molecular weight is 289 g/mol. The van der Waals surface area contributed by atoms with Gasteiger partial charge in [-0.25, -0.2) is 0 Å². The molecular weight excluding hydrogens is 266 g/mol. The Hall–Kier alpha value is -1.68. The predicted octanol–water partition coefficient (Wildman–Crippen LogP) is 2.62. The molecule has 0 amide bonds. The van der Waals surface area contributed by atoms with E-state index < -0.39 is 5.97 Å². The number of carbonyl (C=O) groups is 2. The van der Waals surface area contributed by atoms with Gasteiger partial charge in [-0.15, -0.1) is 0 Å². The summed E-state index contributed by atoms with van der Waals surface area (Å²) in [7, 11) is 0. The molecule has 0 aliphatic carbocycles. The molecule has 1 aliphatic rings. The van der Waals surface area contributed by atoms with Crippen molar-refractivity contribution in [2.45, 2.75) is 32.6 Å². The van der Waals surface area contributed by atoms with Crippen LogP contribution in [0.3, 0.4) is 0 Å². The number of hydrogen-bond donors (Lipinski definition) is 1. The number of likely N-dealkylation sites (tertiary alicyclic amines) is 1. The van der Waals surface area contributed by atoms with Gasteiger partial charge in [-0.1, -0.05) is 31.2 Å². The summed E-state index contributed by atoms with van der Waals surface area (Å²) in [4.78, 5) is 25.2. The van der Waals surface area contributed by atoms with Gasteiger partial charge in [0.05, 0.1) is 5.92 Å². The standard InChI is InChI=1S/C17H23NO3/c1-2-13-3-5-14(6-4-13)16(19)9-12-18-10-7-15(8-11-18)17(20)21/h3-6,15H,2,7-12H2,1H3,(H,20,21). The van der Waals surface area contributed by atoms with Crippen molar-refractivity contribution >= 4 is 11.8 Å². The Bertz CT molecular complexity index is 487. The van der Waals surface area contributed by atoms with Gasteiger partial charge in [0.1, 0.15) is 0 Å². The van der Waals surface area contributed by atoms with Crippen LogP contribution in [0.4, 0.5) is 0 Å². The van der Waals surface area contributed by atoms with Crippen LogP contribution in [0.2, 0.25) is 0 Å². The first-order valence-electron chi connectivity index (χ1n) is 7.67. The van der Waals surface area contributed by atoms with Gasteiger partial charge in [0, 0.05) is 18.5 Å². The van der Waals surface area contributed by atoms with E-state index in [4.69, 9.17) is 5.11 Å². The molecule has 114 valence electrons. The normalized spacial score (nSPS) is 16.8. The lowest BCUT2D eigenvalue weighted by atomic mass is 9.97. The number of aliphatic carboxylic acids is 1. The van der Waals surface area contributed by atoms with E-state index in [-0.39, 0.29) is 11.7 Å². The number of carboxylic acid groups (broad SMARTS) is 1. The lowest BCUT2D eigenvalue weighted by Gasteiger charge is -2.29. The first-order chi connectivity index (χ1) is 10.1. The molecule has 21 heavy (non-hydrogen) atoms. The highest BCUT2D eigenvalue weighted by Crippen LogP contribution is 2.17. The number of hydrogen-bond acceptors (Lipinski definition) is 3. The first-order valence-corrected chi connectivity index (χ1v) is 7.67. The molecule has 1 fully saturated rings. The zero-order valence-electron chi connectivity index (χ0n) is 12.5. The molecule has 0 atom stereocenters. The van der Waals surface area contributed by atoms with Gasteiger partial charge in [0.2, 0.25) is 0 Å². The summed E-state index contributed by atoms with van der Waals surface area (Å²) in [5.74, 6) is -0.738. The maximum Gasteiger partial charge on any atom is 0.306 e. The third-order valence-corrected chi connectivity index (χ3v) is 4.28. The average Bonchev–Trinajstić information content (AvgIpc) is 2.53. The Balaban J connectivity index is 1.77. The summed E-state index contributed by atoms with van der Waals surface area (Å²) in [6, 6.07) is 7.81. The first kappa shape index (κ1) is 15.7. The Morgan fingerprint density at radius 2 is 1.81 bits per heavy atom. The van der Waals surface area contributed by atoms with Crippen molar-refractivity contribution in [2.24, 2.45) is 5.92 Å². The van der Waals surface area contributed by atoms with Crippen molar-refractivity contribution in [2.75, 3.05) is 19.6 Å². The largest absolute Gasteiger partial charge is 0.481 e. The molecule has 1 aromatic rings. The number of nitrogens with zero attached hydrogens (tertiary/aromatic N) is 1. The van der Waals surface area contributed by atoms with Gasteiger partial charge in [-0.05, 0) is 37.9 Å². The highest BCUT2D eigenvalue weighted by molar-refractivity contribution is 5.96. The molecule has 4 heteroatoms. The van der Waals surface area contributed by atoms with Gasteiger partial charge in [0.15, 0.2) is 5.78 Å². The minimum Gasteiger partial charge on any atom is -0.481 e. The Morgan fingerprint density at radius 3 is 2.33 bits per heavy atom. The van der Waals surface area contributed by atoms with Crippen LogP contribution in [-0.4, -0.2) is 41.4 Å². The molecule has 0 unspecified atom stereocenters. The highest BCUT2D eigenvalue weighted by atomic mass is 16.4. The summed E-state index contributed by atoms with van der Waals surface area (Å²) in [6.07, 6.45) is 2.86. The number of rotatable bonds is 6. The van der Waals surface area contributed by atoms with E-state index in [0.29, 0.717) is 19.3 Å². The number of carboxylic acids is 1. The van der Waals surface area contributed by atoms with Crippen LogP contribution in [0.1, 0.15) is 42.1 Å². The zero-order chi connectivity index (χ0) is 15.2. The van der Waals surface area contributed by atoms with E-state index in [2.05, 4.69) is 11.8 Å². The Kier molecular flexibility index (Phi) is 5.51.